The number of rotatable bonds is 7. The van der Waals surface area contributed by atoms with Crippen LogP contribution in [0.5, 0.6) is 11.5 Å². The van der Waals surface area contributed by atoms with Gasteiger partial charge in [-0.2, -0.15) is 10.1 Å². The summed E-state index contributed by atoms with van der Waals surface area (Å²) in [5, 5.41) is 14.3. The predicted octanol–water partition coefficient (Wildman–Crippen LogP) is 2.75. The van der Waals surface area contributed by atoms with Gasteiger partial charge in [-0.25, -0.2) is 8.78 Å². The van der Waals surface area contributed by atoms with Crippen LogP contribution in [0.2, 0.25) is 0 Å². The second kappa shape index (κ2) is 7.82. The summed E-state index contributed by atoms with van der Waals surface area (Å²) in [4.78, 5) is 12.5. The van der Waals surface area contributed by atoms with Gasteiger partial charge in [0.2, 0.25) is 5.72 Å². The highest BCUT2D eigenvalue weighted by molar-refractivity contribution is 5.90. The van der Waals surface area contributed by atoms with Gasteiger partial charge in [-0.05, 0) is 38.0 Å². The van der Waals surface area contributed by atoms with Crippen LogP contribution in [0.15, 0.2) is 36.0 Å². The molecule has 0 aliphatic carbocycles. The molecule has 1 aromatic carbocycles. The number of benzene rings is 1. The first-order valence-electron chi connectivity index (χ1n) is 8.06. The van der Waals surface area contributed by atoms with Crippen molar-refractivity contribution in [1.82, 2.24) is 5.01 Å². The number of ether oxygens (including phenoxy) is 2. The van der Waals surface area contributed by atoms with E-state index in [0.29, 0.717) is 17.2 Å². The lowest BCUT2D eigenvalue weighted by molar-refractivity contribution is -0.196. The predicted molar refractivity (Wildman–Crippen MR) is 92.5 cm³/mol. The maximum Gasteiger partial charge on any atom is 0.287 e. The van der Waals surface area contributed by atoms with Crippen molar-refractivity contribution in [3.8, 4) is 11.5 Å². The quantitative estimate of drug-likeness (QED) is 0.752. The van der Waals surface area contributed by atoms with E-state index < -0.39 is 30.6 Å². The molecule has 2 rings (SSSR count). The Kier molecular flexibility index (Phi) is 5.97. The van der Waals surface area contributed by atoms with Gasteiger partial charge >= 0.3 is 0 Å². The number of halogens is 2. The van der Waals surface area contributed by atoms with Gasteiger partial charge in [0.25, 0.3) is 12.3 Å². The van der Waals surface area contributed by atoms with E-state index in [-0.39, 0.29) is 11.5 Å². The average molecular weight is 368 g/mol. The first-order valence-corrected chi connectivity index (χ1v) is 8.06. The number of carbonyl (C=O) groups excluding carboxylic acids is 1. The van der Waals surface area contributed by atoms with Gasteiger partial charge < -0.3 is 14.6 Å². The molecule has 1 aliphatic heterocycles. The number of hydrazone groups is 1. The molecule has 1 heterocycles. The van der Waals surface area contributed by atoms with Crippen molar-refractivity contribution >= 4 is 11.6 Å². The standard InChI is InChI=1S/C18H22F2N2O4/c1-5-6-13-7-8-14(15(9-13)25-4)26-12(3)16(23)22-18(24,17(19)20)10-11(2)21-22/h5,7-9,12,17,24H,1,6,10H2,2-4H3. The van der Waals surface area contributed by atoms with Gasteiger partial charge in [-0.15, -0.1) is 6.58 Å². The Morgan fingerprint density at radius 2 is 2.19 bits per heavy atom. The topological polar surface area (TPSA) is 71.4 Å². The first-order chi connectivity index (χ1) is 12.2. The third kappa shape index (κ3) is 3.85. The third-order valence-electron chi connectivity index (χ3n) is 3.97. The average Bonchev–Trinajstić information content (AvgIpc) is 2.91. The van der Waals surface area contributed by atoms with Gasteiger partial charge in [0.15, 0.2) is 17.6 Å². The van der Waals surface area contributed by atoms with Crippen molar-refractivity contribution in [3.63, 3.8) is 0 Å². The molecular formula is C18H22F2N2O4. The lowest BCUT2D eigenvalue weighted by Gasteiger charge is -2.31. The van der Waals surface area contributed by atoms with Crippen molar-refractivity contribution in [2.45, 2.75) is 44.9 Å². The number of methoxy groups -OCH3 is 1. The summed E-state index contributed by atoms with van der Waals surface area (Å²) in [6.45, 7) is 6.53. The number of amides is 1. The number of allylic oxidation sites excluding steroid dienone is 1. The van der Waals surface area contributed by atoms with Crippen molar-refractivity contribution in [1.29, 1.82) is 0 Å². The molecule has 0 radical (unpaired) electrons. The lowest BCUT2D eigenvalue weighted by atomic mass is 10.1. The van der Waals surface area contributed by atoms with E-state index in [4.69, 9.17) is 9.47 Å². The molecule has 2 unspecified atom stereocenters. The smallest absolute Gasteiger partial charge is 0.287 e. The van der Waals surface area contributed by atoms with Crippen LogP contribution < -0.4 is 9.47 Å². The van der Waals surface area contributed by atoms with Crippen molar-refractivity contribution in [2.75, 3.05) is 7.11 Å². The fourth-order valence-electron chi connectivity index (χ4n) is 2.67. The Hall–Kier alpha value is -2.48. The van der Waals surface area contributed by atoms with E-state index in [1.165, 1.54) is 21.0 Å². The van der Waals surface area contributed by atoms with Crippen molar-refractivity contribution in [2.24, 2.45) is 5.10 Å². The molecule has 0 fully saturated rings. The molecule has 2 atom stereocenters. The minimum absolute atomic E-state index is 0.236. The molecule has 0 saturated heterocycles. The molecule has 142 valence electrons. The Bertz CT molecular complexity index is 723. The highest BCUT2D eigenvalue weighted by atomic mass is 19.3. The van der Waals surface area contributed by atoms with Gasteiger partial charge in [0.05, 0.1) is 7.11 Å². The van der Waals surface area contributed by atoms with Crippen LogP contribution in [0.3, 0.4) is 0 Å². The molecule has 1 aromatic rings. The Morgan fingerprint density at radius 1 is 1.50 bits per heavy atom. The molecule has 0 bridgehead atoms. The Labute approximate surface area is 150 Å². The Morgan fingerprint density at radius 3 is 2.77 bits per heavy atom. The maximum absolute atomic E-state index is 13.2. The zero-order chi connectivity index (χ0) is 19.5. The summed E-state index contributed by atoms with van der Waals surface area (Å²) in [5.41, 5.74) is -1.48. The summed E-state index contributed by atoms with van der Waals surface area (Å²) in [7, 11) is 1.45. The molecular weight excluding hydrogens is 346 g/mol. The van der Waals surface area contributed by atoms with Crippen LogP contribution in [-0.4, -0.2) is 47.1 Å². The summed E-state index contributed by atoms with van der Waals surface area (Å²) >= 11 is 0. The number of alkyl halides is 2. The number of carbonyl (C=O) groups is 1. The third-order valence-corrected chi connectivity index (χ3v) is 3.97. The van der Waals surface area contributed by atoms with Gasteiger partial charge in [0, 0.05) is 12.1 Å². The van der Waals surface area contributed by atoms with E-state index >= 15 is 0 Å². The molecule has 1 aliphatic rings. The van der Waals surface area contributed by atoms with Gasteiger partial charge in [0.1, 0.15) is 0 Å². The van der Waals surface area contributed by atoms with Gasteiger partial charge in [-0.3, -0.25) is 4.79 Å². The molecule has 6 nitrogen and oxygen atoms in total. The van der Waals surface area contributed by atoms with E-state index in [0.717, 1.165) is 5.56 Å². The molecule has 1 amide bonds. The number of aliphatic hydroxyl groups is 1. The first kappa shape index (κ1) is 19.8. The minimum Gasteiger partial charge on any atom is -0.493 e. The van der Waals surface area contributed by atoms with Crippen LogP contribution >= 0.6 is 0 Å². The number of hydrogen-bond acceptors (Lipinski definition) is 5. The van der Waals surface area contributed by atoms with Crippen molar-refractivity contribution in [3.05, 3.63) is 36.4 Å². The minimum atomic E-state index is -3.16. The zero-order valence-electron chi connectivity index (χ0n) is 14.9. The molecule has 0 saturated carbocycles. The second-order valence-corrected chi connectivity index (χ2v) is 6.08. The number of nitrogens with zero attached hydrogens (tertiary/aromatic N) is 2. The second-order valence-electron chi connectivity index (χ2n) is 6.08. The maximum atomic E-state index is 13.2. The van der Waals surface area contributed by atoms with Crippen LogP contribution in [0.1, 0.15) is 25.8 Å². The summed E-state index contributed by atoms with van der Waals surface area (Å²) < 4.78 is 37.3. The summed E-state index contributed by atoms with van der Waals surface area (Å²) in [6.07, 6.45) is -2.36. The SMILES string of the molecule is C=CCc1ccc(OC(C)C(=O)N2N=C(C)CC2(O)C(F)F)c(OC)c1. The largest absolute Gasteiger partial charge is 0.493 e. The Balaban J connectivity index is 2.20. The van der Waals surface area contributed by atoms with E-state index in [1.54, 1.807) is 24.3 Å². The van der Waals surface area contributed by atoms with Gasteiger partial charge in [-0.1, -0.05) is 12.1 Å². The van der Waals surface area contributed by atoms with E-state index in [2.05, 4.69) is 11.7 Å². The van der Waals surface area contributed by atoms with Crippen LogP contribution in [0.25, 0.3) is 0 Å². The van der Waals surface area contributed by atoms with Crippen LogP contribution in [-0.2, 0) is 11.2 Å². The van der Waals surface area contributed by atoms with Crippen molar-refractivity contribution < 1.29 is 28.2 Å². The van der Waals surface area contributed by atoms with E-state index in [9.17, 15) is 18.7 Å². The van der Waals surface area contributed by atoms with Crippen LogP contribution in [0, 0.1) is 0 Å². The fourth-order valence-corrected chi connectivity index (χ4v) is 2.67. The zero-order valence-corrected chi connectivity index (χ0v) is 14.9. The normalized spacial score (nSPS) is 20.7. The molecule has 1 N–H and O–H groups in total. The summed E-state index contributed by atoms with van der Waals surface area (Å²) in [5.74, 6) is -0.197. The van der Waals surface area contributed by atoms with Crippen LogP contribution in [0.4, 0.5) is 8.78 Å². The highest BCUT2D eigenvalue weighted by Crippen LogP contribution is 2.33. The fraction of sp³-hybridized carbons (Fsp3) is 0.444. The highest BCUT2D eigenvalue weighted by Gasteiger charge is 2.52. The monoisotopic (exact) mass is 368 g/mol. The number of hydrogen-bond donors (Lipinski definition) is 1. The van der Waals surface area contributed by atoms with E-state index in [1.807, 2.05) is 0 Å². The molecule has 0 aromatic heterocycles. The lowest BCUT2D eigenvalue weighted by Crippen LogP contribution is -2.54. The molecule has 8 heteroatoms. The molecule has 26 heavy (non-hydrogen) atoms. The molecule has 0 spiro atoms. The summed E-state index contributed by atoms with van der Waals surface area (Å²) in [6, 6.07) is 5.14.